The maximum atomic E-state index is 14.4. The third kappa shape index (κ3) is 6.21. The highest BCUT2D eigenvalue weighted by Crippen LogP contribution is 2.41. The smallest absolute Gasteiger partial charge is 0.417 e. The first-order valence-electron chi connectivity index (χ1n) is 12.4. The second-order valence-electron chi connectivity index (χ2n) is 10.2. The Morgan fingerprint density at radius 2 is 1.72 bits per heavy atom. The SMILES string of the molecule is CN1N(Cc2cccc(F)c2F)C(=O)C(C(=O)Nc2ccc(C(F)(F)P)cc2-c2cncc(C(F)(F)F)c2)=C(O)C1(C)C. The maximum absolute atomic E-state index is 14.4. The molecule has 43 heavy (non-hydrogen) atoms. The summed E-state index contributed by atoms with van der Waals surface area (Å²) < 4.78 is 96.7. The van der Waals surface area contributed by atoms with Crippen molar-refractivity contribution < 1.29 is 45.4 Å². The Morgan fingerprint density at radius 3 is 2.35 bits per heavy atom. The fraction of sp³-hybridized carbons (Fsp3) is 0.250. The Morgan fingerprint density at radius 1 is 1.05 bits per heavy atom. The number of aliphatic hydroxyl groups excluding tert-OH is 1. The standard InChI is InChI=1S/C28H24F7N4O3P/c1-26(2)23(40)21(25(42)39(38(26)3)13-14-5-4-6-19(29)22(14)30)24(41)37-20-8-7-16(28(34,35)43)10-18(20)15-9-17(12-36-11-15)27(31,32)33/h4-12,40H,13,43H2,1-3H3,(H,37,41). The van der Waals surface area contributed by atoms with E-state index < -0.39 is 69.8 Å². The number of hydrogen-bond acceptors (Lipinski definition) is 5. The number of benzene rings is 2. The van der Waals surface area contributed by atoms with Crippen LogP contribution in [0.3, 0.4) is 0 Å². The molecule has 0 aliphatic carbocycles. The first-order chi connectivity index (χ1) is 19.8. The van der Waals surface area contributed by atoms with Gasteiger partial charge in [-0.2, -0.15) is 22.0 Å². The van der Waals surface area contributed by atoms with Crippen LogP contribution in [0.2, 0.25) is 0 Å². The highest BCUT2D eigenvalue weighted by Gasteiger charge is 2.46. The molecular formula is C28H24F7N4O3P. The van der Waals surface area contributed by atoms with E-state index in [2.05, 4.69) is 10.3 Å². The van der Waals surface area contributed by atoms with Crippen molar-refractivity contribution in [3.8, 4) is 11.1 Å². The number of pyridine rings is 1. The summed E-state index contributed by atoms with van der Waals surface area (Å²) in [4.78, 5) is 30.6. The molecule has 0 saturated heterocycles. The number of carbonyl (C=O) groups is 2. The van der Waals surface area contributed by atoms with Gasteiger partial charge in [0.15, 0.2) is 11.6 Å². The van der Waals surface area contributed by atoms with Crippen LogP contribution in [0.25, 0.3) is 11.1 Å². The van der Waals surface area contributed by atoms with Crippen molar-refractivity contribution in [2.75, 3.05) is 12.4 Å². The van der Waals surface area contributed by atoms with E-state index in [0.717, 1.165) is 35.5 Å². The van der Waals surface area contributed by atoms with E-state index in [1.165, 1.54) is 47.3 Å². The van der Waals surface area contributed by atoms with E-state index in [0.29, 0.717) is 12.3 Å². The Balaban J connectivity index is 1.78. The molecular weight excluding hydrogens is 604 g/mol. The molecule has 228 valence electrons. The second-order valence-corrected chi connectivity index (χ2v) is 10.9. The predicted molar refractivity (Wildman–Crippen MR) is 145 cm³/mol. The number of alkyl halides is 5. The van der Waals surface area contributed by atoms with Gasteiger partial charge >= 0.3 is 6.18 Å². The first kappa shape index (κ1) is 31.9. The molecule has 2 aromatic carbocycles. The molecule has 0 radical (unpaired) electrons. The number of carbonyl (C=O) groups excluding carboxylic acids is 2. The van der Waals surface area contributed by atoms with Crippen molar-refractivity contribution in [3.63, 3.8) is 0 Å². The van der Waals surface area contributed by atoms with E-state index in [-0.39, 0.29) is 22.4 Å². The molecule has 2 amide bonds. The number of nitrogens with one attached hydrogen (secondary N) is 1. The number of aromatic nitrogens is 1. The molecule has 15 heteroatoms. The van der Waals surface area contributed by atoms with Crippen LogP contribution in [0.4, 0.5) is 36.4 Å². The van der Waals surface area contributed by atoms with E-state index in [1.54, 1.807) is 0 Å². The van der Waals surface area contributed by atoms with E-state index in [4.69, 9.17) is 0 Å². The quantitative estimate of drug-likeness (QED) is 0.188. The zero-order chi connectivity index (χ0) is 32.1. The molecule has 1 aliphatic heterocycles. The molecule has 7 nitrogen and oxygen atoms in total. The summed E-state index contributed by atoms with van der Waals surface area (Å²) in [6, 6.07) is 6.75. The van der Waals surface area contributed by atoms with Gasteiger partial charge in [0.1, 0.15) is 11.3 Å². The number of aliphatic hydroxyl groups is 1. The summed E-state index contributed by atoms with van der Waals surface area (Å²) in [7, 11) is 2.67. The van der Waals surface area contributed by atoms with Gasteiger partial charge in [0.2, 0.25) is 0 Å². The van der Waals surface area contributed by atoms with Gasteiger partial charge in [-0.25, -0.2) is 13.8 Å². The number of rotatable bonds is 6. The highest BCUT2D eigenvalue weighted by molar-refractivity contribution is 7.17. The van der Waals surface area contributed by atoms with Crippen molar-refractivity contribution in [2.45, 2.75) is 37.8 Å². The lowest BCUT2D eigenvalue weighted by atomic mass is 9.93. The van der Waals surface area contributed by atoms with E-state index >= 15 is 0 Å². The second kappa shape index (κ2) is 11.2. The van der Waals surface area contributed by atoms with Gasteiger partial charge in [-0.05, 0) is 38.1 Å². The summed E-state index contributed by atoms with van der Waals surface area (Å²) in [5.74, 6) is -5.45. The summed E-state index contributed by atoms with van der Waals surface area (Å²) in [5.41, 5.74) is -8.63. The van der Waals surface area contributed by atoms with Crippen molar-refractivity contribution >= 4 is 26.7 Å². The predicted octanol–water partition coefficient (Wildman–Crippen LogP) is 6.39. The van der Waals surface area contributed by atoms with Crippen LogP contribution in [0.15, 0.2) is 66.2 Å². The molecule has 0 bridgehead atoms. The summed E-state index contributed by atoms with van der Waals surface area (Å²) in [5, 5.41) is 15.4. The zero-order valence-corrected chi connectivity index (χ0v) is 23.9. The molecule has 2 N–H and O–H groups in total. The van der Waals surface area contributed by atoms with Crippen LogP contribution in [0.1, 0.15) is 30.5 Å². The Hall–Kier alpha value is -4.03. The van der Waals surface area contributed by atoms with Crippen molar-refractivity contribution in [2.24, 2.45) is 0 Å². The number of hydrogen-bond donors (Lipinski definition) is 2. The minimum absolute atomic E-state index is 0.231. The number of halogens is 7. The molecule has 0 fully saturated rings. The molecule has 1 aliphatic rings. The minimum atomic E-state index is -4.82. The van der Waals surface area contributed by atoms with Crippen molar-refractivity contribution in [1.82, 2.24) is 15.0 Å². The van der Waals surface area contributed by atoms with E-state index in [9.17, 15) is 45.4 Å². The van der Waals surface area contributed by atoms with Crippen LogP contribution in [-0.4, -0.2) is 44.5 Å². The average Bonchev–Trinajstić information content (AvgIpc) is 2.92. The average molecular weight is 628 g/mol. The van der Waals surface area contributed by atoms with Gasteiger partial charge < -0.3 is 10.4 Å². The van der Waals surface area contributed by atoms with Crippen molar-refractivity contribution in [3.05, 3.63) is 94.5 Å². The number of amides is 2. The van der Waals surface area contributed by atoms with E-state index in [1.807, 2.05) is 0 Å². The molecule has 0 saturated carbocycles. The molecule has 1 atom stereocenters. The van der Waals surface area contributed by atoms with Crippen LogP contribution in [0, 0.1) is 11.6 Å². The van der Waals surface area contributed by atoms with Gasteiger partial charge in [-0.15, -0.1) is 0 Å². The molecule has 1 aromatic heterocycles. The maximum Gasteiger partial charge on any atom is 0.417 e. The Bertz CT molecular complexity index is 1640. The molecule has 0 spiro atoms. The lowest BCUT2D eigenvalue weighted by Crippen LogP contribution is -2.60. The highest BCUT2D eigenvalue weighted by atomic mass is 31.0. The van der Waals surface area contributed by atoms with Crippen LogP contribution in [0.5, 0.6) is 0 Å². The first-order valence-corrected chi connectivity index (χ1v) is 13.0. The lowest BCUT2D eigenvalue weighted by Gasteiger charge is -2.46. The lowest BCUT2D eigenvalue weighted by molar-refractivity contribution is -0.160. The fourth-order valence-electron chi connectivity index (χ4n) is 4.37. The summed E-state index contributed by atoms with van der Waals surface area (Å²) >= 11 is 0. The van der Waals surface area contributed by atoms with Crippen LogP contribution in [-0.2, 0) is 28.0 Å². The number of hydrazine groups is 1. The van der Waals surface area contributed by atoms with Gasteiger partial charge in [0.25, 0.3) is 17.5 Å². The largest absolute Gasteiger partial charge is 0.509 e. The zero-order valence-electron chi connectivity index (χ0n) is 22.7. The van der Waals surface area contributed by atoms with Gasteiger partial charge in [0.05, 0.1) is 17.6 Å². The topological polar surface area (TPSA) is 85.8 Å². The molecule has 4 rings (SSSR count). The third-order valence-corrected chi connectivity index (χ3v) is 7.38. The third-order valence-electron chi connectivity index (χ3n) is 7.04. The van der Waals surface area contributed by atoms with Crippen LogP contribution >= 0.6 is 9.24 Å². The van der Waals surface area contributed by atoms with Crippen LogP contribution < -0.4 is 5.32 Å². The molecule has 1 unspecified atom stereocenters. The summed E-state index contributed by atoms with van der Waals surface area (Å²) in [6.45, 7) is 2.34. The number of nitrogens with zero attached hydrogens (tertiary/aromatic N) is 3. The minimum Gasteiger partial charge on any atom is -0.509 e. The fourth-order valence-corrected chi connectivity index (χ4v) is 4.55. The number of anilines is 1. The summed E-state index contributed by atoms with van der Waals surface area (Å²) in [6.07, 6.45) is -3.31. The van der Waals surface area contributed by atoms with Gasteiger partial charge in [0, 0.05) is 47.4 Å². The molecule has 2 heterocycles. The number of likely N-dealkylation sites (N-methyl/N-ethyl adjacent to an activating group) is 1. The van der Waals surface area contributed by atoms with Gasteiger partial charge in [-0.3, -0.25) is 19.6 Å². The van der Waals surface area contributed by atoms with Crippen molar-refractivity contribution in [1.29, 1.82) is 0 Å². The monoisotopic (exact) mass is 628 g/mol. The Kier molecular flexibility index (Phi) is 8.33. The normalized spacial score (nSPS) is 16.1. The molecule has 3 aromatic rings. The van der Waals surface area contributed by atoms with Gasteiger partial charge in [-0.1, -0.05) is 27.4 Å². The Labute approximate surface area is 243 Å².